The molecule has 0 radical (unpaired) electrons. The van der Waals surface area contributed by atoms with Gasteiger partial charge in [-0.25, -0.2) is 8.42 Å². The Morgan fingerprint density at radius 2 is 1.94 bits per heavy atom. The lowest BCUT2D eigenvalue weighted by Crippen LogP contribution is -2.40. The van der Waals surface area contributed by atoms with Crippen molar-refractivity contribution < 1.29 is 8.42 Å². The van der Waals surface area contributed by atoms with Gasteiger partial charge in [-0.1, -0.05) is 6.92 Å². The zero-order chi connectivity index (χ0) is 13.6. The number of nitrogens with one attached hydrogen (secondary N) is 1. The molecule has 0 saturated heterocycles. The molecule has 0 aromatic carbocycles. The van der Waals surface area contributed by atoms with Crippen molar-refractivity contribution in [1.29, 1.82) is 0 Å². The highest BCUT2D eigenvalue weighted by atomic mass is 32.2. The third-order valence-electron chi connectivity index (χ3n) is 3.25. The summed E-state index contributed by atoms with van der Waals surface area (Å²) in [5.41, 5.74) is 0. The van der Waals surface area contributed by atoms with Crippen molar-refractivity contribution in [3.63, 3.8) is 0 Å². The molecule has 4 nitrogen and oxygen atoms in total. The maximum Gasteiger partial charge on any atom is 0.214 e. The molecule has 0 atom stereocenters. The molecule has 0 aromatic rings. The molecule has 0 bridgehead atoms. The van der Waals surface area contributed by atoms with Crippen LogP contribution < -0.4 is 5.32 Å². The lowest BCUT2D eigenvalue weighted by Gasteiger charge is -2.25. The van der Waals surface area contributed by atoms with Gasteiger partial charge in [0.05, 0.1) is 5.75 Å². The lowest BCUT2D eigenvalue weighted by atomic mass is 10.3. The standard InChI is InChI=1S/C13H28N2O2S/c1-4-8-14-9-5-10-18(16,17)15(12(2)3)11-13-6-7-13/h12-14H,4-11H2,1-3H3. The second-order valence-corrected chi connectivity index (χ2v) is 7.57. The van der Waals surface area contributed by atoms with Crippen LogP contribution in [0.3, 0.4) is 0 Å². The summed E-state index contributed by atoms with van der Waals surface area (Å²) in [5, 5.41) is 3.25. The van der Waals surface area contributed by atoms with Gasteiger partial charge in [0, 0.05) is 12.6 Å². The van der Waals surface area contributed by atoms with Gasteiger partial charge in [0.25, 0.3) is 0 Å². The quantitative estimate of drug-likeness (QED) is 0.619. The van der Waals surface area contributed by atoms with Gasteiger partial charge in [0.15, 0.2) is 0 Å². The van der Waals surface area contributed by atoms with Crippen molar-refractivity contribution >= 4 is 10.0 Å². The summed E-state index contributed by atoms with van der Waals surface area (Å²) in [6, 6.07) is 0.0826. The van der Waals surface area contributed by atoms with Crippen LogP contribution in [0.15, 0.2) is 0 Å². The van der Waals surface area contributed by atoms with Gasteiger partial charge in [-0.3, -0.25) is 0 Å². The number of hydrogen-bond donors (Lipinski definition) is 1. The lowest BCUT2D eigenvalue weighted by molar-refractivity contribution is 0.341. The Bertz CT molecular complexity index is 324. The first-order chi connectivity index (χ1) is 8.47. The molecule has 0 spiro atoms. The summed E-state index contributed by atoms with van der Waals surface area (Å²) in [6.45, 7) is 8.53. The minimum atomic E-state index is -3.07. The molecule has 5 heteroatoms. The second-order valence-electron chi connectivity index (χ2n) is 5.53. The van der Waals surface area contributed by atoms with Gasteiger partial charge >= 0.3 is 0 Å². The molecule has 0 amide bonds. The number of nitrogens with zero attached hydrogens (tertiary/aromatic N) is 1. The average Bonchev–Trinajstić information content (AvgIpc) is 3.08. The number of sulfonamides is 1. The van der Waals surface area contributed by atoms with E-state index in [0.29, 0.717) is 12.3 Å². The fraction of sp³-hybridized carbons (Fsp3) is 1.00. The highest BCUT2D eigenvalue weighted by Crippen LogP contribution is 2.31. The largest absolute Gasteiger partial charge is 0.317 e. The molecule has 1 rings (SSSR count). The van der Waals surface area contributed by atoms with Gasteiger partial charge < -0.3 is 5.32 Å². The van der Waals surface area contributed by atoms with Crippen LogP contribution in [-0.2, 0) is 10.0 Å². The number of hydrogen-bond acceptors (Lipinski definition) is 3. The Hall–Kier alpha value is -0.130. The third kappa shape index (κ3) is 5.67. The second kappa shape index (κ2) is 7.46. The summed E-state index contributed by atoms with van der Waals surface area (Å²) in [7, 11) is -3.07. The summed E-state index contributed by atoms with van der Waals surface area (Å²) >= 11 is 0. The molecule has 0 aromatic heterocycles. The van der Waals surface area contributed by atoms with Crippen LogP contribution in [0.4, 0.5) is 0 Å². The summed E-state index contributed by atoms with van der Waals surface area (Å²) in [5.74, 6) is 0.884. The van der Waals surface area contributed by atoms with Gasteiger partial charge in [-0.05, 0) is 58.5 Å². The molecule has 1 N–H and O–H groups in total. The molecule has 0 heterocycles. The van der Waals surface area contributed by atoms with E-state index in [4.69, 9.17) is 0 Å². The Labute approximate surface area is 112 Å². The molecule has 1 aliphatic carbocycles. The van der Waals surface area contributed by atoms with E-state index in [0.717, 1.165) is 26.1 Å². The van der Waals surface area contributed by atoms with Gasteiger partial charge in [0.1, 0.15) is 0 Å². The number of rotatable bonds is 10. The maximum atomic E-state index is 12.3. The SMILES string of the molecule is CCCNCCCS(=O)(=O)N(CC1CC1)C(C)C. The smallest absolute Gasteiger partial charge is 0.214 e. The first-order valence-electron chi connectivity index (χ1n) is 7.17. The summed E-state index contributed by atoms with van der Waals surface area (Å²) in [4.78, 5) is 0. The normalized spacial score (nSPS) is 16.7. The molecule has 1 aliphatic rings. The van der Waals surface area contributed by atoms with Crippen molar-refractivity contribution in [3.8, 4) is 0 Å². The van der Waals surface area contributed by atoms with E-state index in [1.807, 2.05) is 13.8 Å². The minimum Gasteiger partial charge on any atom is -0.317 e. The first-order valence-corrected chi connectivity index (χ1v) is 8.78. The Kier molecular flexibility index (Phi) is 6.60. The fourth-order valence-corrected chi connectivity index (χ4v) is 3.82. The Morgan fingerprint density at radius 3 is 2.44 bits per heavy atom. The van der Waals surface area contributed by atoms with E-state index in [1.165, 1.54) is 12.8 Å². The van der Waals surface area contributed by atoms with Crippen molar-refractivity contribution in [2.24, 2.45) is 5.92 Å². The molecule has 1 fully saturated rings. The van der Waals surface area contributed by atoms with Gasteiger partial charge in [0.2, 0.25) is 10.0 Å². The van der Waals surface area contributed by atoms with Crippen LogP contribution in [0.2, 0.25) is 0 Å². The van der Waals surface area contributed by atoms with E-state index < -0.39 is 10.0 Å². The predicted molar refractivity (Wildman–Crippen MR) is 76.1 cm³/mol. The average molecular weight is 276 g/mol. The van der Waals surface area contributed by atoms with Crippen LogP contribution in [0.1, 0.15) is 46.5 Å². The summed E-state index contributed by atoms with van der Waals surface area (Å²) < 4.78 is 26.2. The van der Waals surface area contributed by atoms with E-state index in [9.17, 15) is 8.42 Å². The monoisotopic (exact) mass is 276 g/mol. The Morgan fingerprint density at radius 1 is 1.28 bits per heavy atom. The molecule has 1 saturated carbocycles. The van der Waals surface area contributed by atoms with E-state index in [-0.39, 0.29) is 11.8 Å². The van der Waals surface area contributed by atoms with Crippen molar-refractivity contribution in [2.75, 3.05) is 25.4 Å². The van der Waals surface area contributed by atoms with Crippen molar-refractivity contribution in [1.82, 2.24) is 9.62 Å². The molecule has 0 unspecified atom stereocenters. The molecular weight excluding hydrogens is 248 g/mol. The molecule has 108 valence electrons. The zero-order valence-corrected chi connectivity index (χ0v) is 12.8. The van der Waals surface area contributed by atoms with Gasteiger partial charge in [-0.15, -0.1) is 0 Å². The first kappa shape index (κ1) is 15.9. The minimum absolute atomic E-state index is 0.0826. The third-order valence-corrected chi connectivity index (χ3v) is 5.34. The zero-order valence-electron chi connectivity index (χ0n) is 12.0. The fourth-order valence-electron chi connectivity index (χ4n) is 2.00. The molecule has 18 heavy (non-hydrogen) atoms. The van der Waals surface area contributed by atoms with Crippen molar-refractivity contribution in [3.05, 3.63) is 0 Å². The van der Waals surface area contributed by atoms with Crippen LogP contribution in [0.5, 0.6) is 0 Å². The van der Waals surface area contributed by atoms with E-state index >= 15 is 0 Å². The predicted octanol–water partition coefficient (Wildman–Crippen LogP) is 1.83. The summed E-state index contributed by atoms with van der Waals surface area (Å²) in [6.07, 6.45) is 4.18. The van der Waals surface area contributed by atoms with Crippen LogP contribution in [-0.4, -0.2) is 44.2 Å². The molecule has 0 aliphatic heterocycles. The molecular formula is C13H28N2O2S. The topological polar surface area (TPSA) is 49.4 Å². The Balaban J connectivity index is 2.37. The van der Waals surface area contributed by atoms with E-state index in [2.05, 4.69) is 12.2 Å². The highest BCUT2D eigenvalue weighted by molar-refractivity contribution is 7.89. The van der Waals surface area contributed by atoms with Crippen molar-refractivity contribution in [2.45, 2.75) is 52.5 Å². The van der Waals surface area contributed by atoms with Crippen LogP contribution in [0.25, 0.3) is 0 Å². The van der Waals surface area contributed by atoms with E-state index in [1.54, 1.807) is 4.31 Å². The maximum absolute atomic E-state index is 12.3. The van der Waals surface area contributed by atoms with Gasteiger partial charge in [-0.2, -0.15) is 4.31 Å². The van der Waals surface area contributed by atoms with Crippen LogP contribution >= 0.6 is 0 Å². The highest BCUT2D eigenvalue weighted by Gasteiger charge is 2.31. The van der Waals surface area contributed by atoms with Crippen LogP contribution in [0, 0.1) is 5.92 Å².